The highest BCUT2D eigenvalue weighted by molar-refractivity contribution is 5.20. The molecular formula is C10H16O. The largest absolute Gasteiger partial charge is 0.473 e. The topological polar surface area (TPSA) is 9.23 Å². The zero-order valence-electron chi connectivity index (χ0n) is 7.55. The van der Waals surface area contributed by atoms with Crippen LogP contribution in [-0.4, -0.2) is 0 Å². The number of hydrogen-bond acceptors (Lipinski definition) is 1. The molecule has 0 saturated carbocycles. The van der Waals surface area contributed by atoms with Crippen LogP contribution in [0.4, 0.5) is 0 Å². The summed E-state index contributed by atoms with van der Waals surface area (Å²) in [6.07, 6.45) is 4.86. The predicted octanol–water partition coefficient (Wildman–Crippen LogP) is 3.26. The molecule has 0 bridgehead atoms. The molecule has 62 valence electrons. The van der Waals surface area contributed by atoms with E-state index in [0.717, 1.165) is 5.57 Å². The number of allylic oxidation sites excluding steroid dienone is 2. The maximum absolute atomic E-state index is 4.94. The minimum absolute atomic E-state index is 0.0881. The first-order chi connectivity index (χ1) is 5.02. The number of ether oxygens (including phenoxy) is 1. The Morgan fingerprint density at radius 2 is 1.82 bits per heavy atom. The summed E-state index contributed by atoms with van der Waals surface area (Å²) in [6, 6.07) is 0. The van der Waals surface area contributed by atoms with Gasteiger partial charge in [-0.3, -0.25) is 0 Å². The Bertz CT molecular complexity index is 170. The average molecular weight is 152 g/mol. The van der Waals surface area contributed by atoms with Gasteiger partial charge in [-0.25, -0.2) is 0 Å². The Kier molecular flexibility index (Phi) is 3.66. The first-order valence-electron chi connectivity index (χ1n) is 3.62. The molecule has 0 aromatic carbocycles. The summed E-state index contributed by atoms with van der Waals surface area (Å²) >= 11 is 0. The lowest BCUT2D eigenvalue weighted by Gasteiger charge is -2.18. The Morgan fingerprint density at radius 3 is 2.09 bits per heavy atom. The molecule has 0 aromatic heterocycles. The molecule has 1 nitrogen and oxygen atoms in total. The normalized spacial score (nSPS) is 12.5. The van der Waals surface area contributed by atoms with E-state index in [1.807, 2.05) is 0 Å². The fourth-order valence-electron chi connectivity index (χ4n) is 0.652. The van der Waals surface area contributed by atoms with Crippen molar-refractivity contribution in [3.05, 3.63) is 37.3 Å². The SMILES string of the molecule is C=COC=C(C=C)C(C)(C)C. The molecule has 0 N–H and O–H groups in total. The molecule has 0 unspecified atom stereocenters. The van der Waals surface area contributed by atoms with E-state index in [9.17, 15) is 0 Å². The average Bonchev–Trinajstić information content (AvgIpc) is 1.87. The van der Waals surface area contributed by atoms with E-state index in [1.54, 1.807) is 12.3 Å². The highest BCUT2D eigenvalue weighted by Crippen LogP contribution is 2.25. The van der Waals surface area contributed by atoms with Gasteiger partial charge >= 0.3 is 0 Å². The Labute approximate surface area is 69.1 Å². The van der Waals surface area contributed by atoms with Gasteiger partial charge in [-0.2, -0.15) is 0 Å². The van der Waals surface area contributed by atoms with Crippen LogP contribution in [0.1, 0.15) is 20.8 Å². The Balaban J connectivity index is 4.39. The maximum Gasteiger partial charge on any atom is 0.0938 e. The lowest BCUT2D eigenvalue weighted by atomic mass is 9.87. The molecule has 0 fully saturated rings. The smallest absolute Gasteiger partial charge is 0.0938 e. The molecule has 0 aliphatic carbocycles. The van der Waals surface area contributed by atoms with Crippen molar-refractivity contribution in [1.82, 2.24) is 0 Å². The van der Waals surface area contributed by atoms with Crippen molar-refractivity contribution in [2.75, 3.05) is 0 Å². The Morgan fingerprint density at radius 1 is 1.27 bits per heavy atom. The van der Waals surface area contributed by atoms with Gasteiger partial charge in [-0.1, -0.05) is 40.0 Å². The van der Waals surface area contributed by atoms with Crippen LogP contribution in [0.15, 0.2) is 37.3 Å². The standard InChI is InChI=1S/C10H16O/c1-6-9(8-11-7-2)10(3,4)5/h6-8H,1-2H2,3-5H3. The van der Waals surface area contributed by atoms with E-state index in [-0.39, 0.29) is 5.41 Å². The lowest BCUT2D eigenvalue weighted by Crippen LogP contribution is -2.07. The van der Waals surface area contributed by atoms with E-state index in [0.29, 0.717) is 0 Å². The van der Waals surface area contributed by atoms with Crippen molar-refractivity contribution in [1.29, 1.82) is 0 Å². The summed E-state index contributed by atoms with van der Waals surface area (Å²) in [5, 5.41) is 0. The highest BCUT2D eigenvalue weighted by Gasteiger charge is 2.13. The number of hydrogen-bond donors (Lipinski definition) is 0. The van der Waals surface area contributed by atoms with Crippen LogP contribution < -0.4 is 0 Å². The molecule has 0 aliphatic heterocycles. The third-order valence-electron chi connectivity index (χ3n) is 1.38. The predicted molar refractivity (Wildman–Crippen MR) is 49.0 cm³/mol. The summed E-state index contributed by atoms with van der Waals surface area (Å²) in [6.45, 7) is 13.5. The third-order valence-corrected chi connectivity index (χ3v) is 1.38. The van der Waals surface area contributed by atoms with E-state index in [1.165, 1.54) is 6.26 Å². The van der Waals surface area contributed by atoms with Crippen molar-refractivity contribution < 1.29 is 4.74 Å². The molecule has 0 atom stereocenters. The second-order valence-electron chi connectivity index (χ2n) is 3.33. The second kappa shape index (κ2) is 4.02. The Hall–Kier alpha value is -0.980. The molecule has 1 heteroatoms. The van der Waals surface area contributed by atoms with Crippen molar-refractivity contribution >= 4 is 0 Å². The quantitative estimate of drug-likeness (QED) is 0.445. The maximum atomic E-state index is 4.94. The van der Waals surface area contributed by atoms with E-state index < -0.39 is 0 Å². The van der Waals surface area contributed by atoms with Crippen LogP contribution >= 0.6 is 0 Å². The molecule has 0 amide bonds. The van der Waals surface area contributed by atoms with Gasteiger partial charge in [0.1, 0.15) is 0 Å². The van der Waals surface area contributed by atoms with Crippen LogP contribution in [0.2, 0.25) is 0 Å². The minimum atomic E-state index is 0.0881. The van der Waals surface area contributed by atoms with Crippen molar-refractivity contribution in [3.8, 4) is 0 Å². The molecule has 0 radical (unpaired) electrons. The highest BCUT2D eigenvalue weighted by atomic mass is 16.5. The summed E-state index contributed by atoms with van der Waals surface area (Å²) in [7, 11) is 0. The van der Waals surface area contributed by atoms with Crippen molar-refractivity contribution in [2.24, 2.45) is 5.41 Å². The van der Waals surface area contributed by atoms with Gasteiger partial charge in [-0.15, -0.1) is 0 Å². The number of rotatable bonds is 3. The second-order valence-corrected chi connectivity index (χ2v) is 3.33. The van der Waals surface area contributed by atoms with Crippen molar-refractivity contribution in [2.45, 2.75) is 20.8 Å². The van der Waals surface area contributed by atoms with Gasteiger partial charge in [0.25, 0.3) is 0 Å². The van der Waals surface area contributed by atoms with Crippen LogP contribution in [0.25, 0.3) is 0 Å². The van der Waals surface area contributed by atoms with Gasteiger partial charge < -0.3 is 4.74 Å². The van der Waals surface area contributed by atoms with Crippen LogP contribution in [0.5, 0.6) is 0 Å². The van der Waals surface area contributed by atoms with E-state index >= 15 is 0 Å². The van der Waals surface area contributed by atoms with Crippen LogP contribution in [0, 0.1) is 5.41 Å². The van der Waals surface area contributed by atoms with Gasteiger partial charge in [-0.05, 0) is 11.0 Å². The van der Waals surface area contributed by atoms with Gasteiger partial charge in [0.2, 0.25) is 0 Å². The zero-order valence-corrected chi connectivity index (χ0v) is 7.55. The molecule has 0 heterocycles. The zero-order chi connectivity index (χ0) is 8.91. The third kappa shape index (κ3) is 3.66. The fraction of sp³-hybridized carbons (Fsp3) is 0.400. The lowest BCUT2D eigenvalue weighted by molar-refractivity contribution is 0.382. The first kappa shape index (κ1) is 10.0. The molecule has 0 aromatic rings. The molecule has 11 heavy (non-hydrogen) atoms. The fourth-order valence-corrected chi connectivity index (χ4v) is 0.652. The van der Waals surface area contributed by atoms with Gasteiger partial charge in [0.15, 0.2) is 0 Å². The summed E-state index contributed by atoms with van der Waals surface area (Å²) in [4.78, 5) is 0. The monoisotopic (exact) mass is 152 g/mol. The van der Waals surface area contributed by atoms with Gasteiger partial charge in [0, 0.05) is 0 Å². The van der Waals surface area contributed by atoms with Crippen LogP contribution in [-0.2, 0) is 4.74 Å². The molecule has 0 spiro atoms. The summed E-state index contributed by atoms with van der Waals surface area (Å²) in [5.41, 5.74) is 1.16. The minimum Gasteiger partial charge on any atom is -0.473 e. The molecule has 0 rings (SSSR count). The van der Waals surface area contributed by atoms with E-state index in [4.69, 9.17) is 4.74 Å². The van der Waals surface area contributed by atoms with Crippen molar-refractivity contribution in [3.63, 3.8) is 0 Å². The van der Waals surface area contributed by atoms with E-state index in [2.05, 4.69) is 33.9 Å². The molecule has 0 aliphatic rings. The van der Waals surface area contributed by atoms with Crippen LogP contribution in [0.3, 0.4) is 0 Å². The summed E-state index contributed by atoms with van der Waals surface area (Å²) < 4.78 is 4.94. The molecular weight excluding hydrogens is 136 g/mol. The first-order valence-corrected chi connectivity index (χ1v) is 3.62. The van der Waals surface area contributed by atoms with Gasteiger partial charge in [0.05, 0.1) is 12.5 Å². The molecule has 0 saturated heterocycles. The summed E-state index contributed by atoms with van der Waals surface area (Å²) in [5.74, 6) is 0.